The first-order valence-corrected chi connectivity index (χ1v) is 6.31. The minimum atomic E-state index is 0.179. The molecule has 1 aromatic heterocycles. The predicted octanol–water partition coefficient (Wildman–Crippen LogP) is 0.0730. The Bertz CT molecular complexity index is 395. The third-order valence-corrected chi connectivity index (χ3v) is 3.44. The molecular weight excluding hydrogens is 228 g/mol. The van der Waals surface area contributed by atoms with Crippen molar-refractivity contribution in [2.45, 2.75) is 19.5 Å². The van der Waals surface area contributed by atoms with Crippen LogP contribution in [0.2, 0.25) is 0 Å². The first kappa shape index (κ1) is 13.0. The van der Waals surface area contributed by atoms with Gasteiger partial charge in [-0.25, -0.2) is 0 Å². The average molecular weight is 248 g/mol. The lowest BCUT2D eigenvalue weighted by atomic mass is 10.2. The van der Waals surface area contributed by atoms with E-state index in [0.29, 0.717) is 19.6 Å². The molecule has 1 amide bonds. The first-order chi connectivity index (χ1) is 8.70. The van der Waals surface area contributed by atoms with Gasteiger partial charge < -0.3 is 10.6 Å². The number of hydrogen-bond acceptors (Lipinski definition) is 4. The number of hydrogen-bond donors (Lipinski definition) is 1. The van der Waals surface area contributed by atoms with Gasteiger partial charge in [-0.2, -0.15) is 0 Å². The van der Waals surface area contributed by atoms with Crippen molar-refractivity contribution >= 4 is 5.91 Å². The molecule has 5 nitrogen and oxygen atoms in total. The standard InChI is InChI=1S/C13H20N4O/c1-11(8-14)16-6-7-17(13(18)10-16)9-12-2-4-15-5-3-12/h2-5,11H,6-10,14H2,1H3. The summed E-state index contributed by atoms with van der Waals surface area (Å²) >= 11 is 0. The van der Waals surface area contributed by atoms with E-state index in [4.69, 9.17) is 5.73 Å². The Hall–Kier alpha value is -1.46. The lowest BCUT2D eigenvalue weighted by Crippen LogP contribution is -2.53. The molecule has 5 heteroatoms. The Balaban J connectivity index is 1.92. The fourth-order valence-corrected chi connectivity index (χ4v) is 2.13. The normalized spacial score (nSPS) is 19.0. The van der Waals surface area contributed by atoms with Gasteiger partial charge in [0.25, 0.3) is 0 Å². The third-order valence-electron chi connectivity index (χ3n) is 3.44. The van der Waals surface area contributed by atoms with Gasteiger partial charge in [-0.1, -0.05) is 0 Å². The van der Waals surface area contributed by atoms with Crippen LogP contribution in [0.4, 0.5) is 0 Å². The molecule has 0 saturated carbocycles. The van der Waals surface area contributed by atoms with Crippen molar-refractivity contribution < 1.29 is 4.79 Å². The summed E-state index contributed by atoms with van der Waals surface area (Å²) in [6.07, 6.45) is 3.51. The summed E-state index contributed by atoms with van der Waals surface area (Å²) in [5, 5.41) is 0. The molecule has 2 heterocycles. The van der Waals surface area contributed by atoms with Crippen molar-refractivity contribution in [3.8, 4) is 0 Å². The van der Waals surface area contributed by atoms with Crippen molar-refractivity contribution in [1.82, 2.24) is 14.8 Å². The number of nitrogens with zero attached hydrogens (tertiary/aromatic N) is 3. The van der Waals surface area contributed by atoms with Crippen molar-refractivity contribution in [1.29, 1.82) is 0 Å². The molecule has 0 radical (unpaired) electrons. The van der Waals surface area contributed by atoms with E-state index in [-0.39, 0.29) is 11.9 Å². The molecule has 1 aliphatic rings. The zero-order chi connectivity index (χ0) is 13.0. The number of rotatable bonds is 4. The first-order valence-electron chi connectivity index (χ1n) is 6.31. The molecular formula is C13H20N4O. The average Bonchev–Trinajstić information content (AvgIpc) is 2.41. The van der Waals surface area contributed by atoms with Crippen LogP contribution in [0, 0.1) is 0 Å². The second kappa shape index (κ2) is 5.93. The SMILES string of the molecule is CC(CN)N1CCN(Cc2ccncc2)C(=O)C1. The fraction of sp³-hybridized carbons (Fsp3) is 0.538. The van der Waals surface area contributed by atoms with Gasteiger partial charge in [0.1, 0.15) is 0 Å². The van der Waals surface area contributed by atoms with Gasteiger partial charge in [0.05, 0.1) is 6.54 Å². The van der Waals surface area contributed by atoms with E-state index in [1.165, 1.54) is 0 Å². The molecule has 18 heavy (non-hydrogen) atoms. The molecule has 0 bridgehead atoms. The van der Waals surface area contributed by atoms with Crippen LogP contribution < -0.4 is 5.73 Å². The van der Waals surface area contributed by atoms with E-state index in [9.17, 15) is 4.79 Å². The molecule has 2 N–H and O–H groups in total. The highest BCUT2D eigenvalue weighted by atomic mass is 16.2. The summed E-state index contributed by atoms with van der Waals surface area (Å²) in [4.78, 5) is 20.1. The maximum Gasteiger partial charge on any atom is 0.237 e. The Kier molecular flexibility index (Phi) is 4.28. The topological polar surface area (TPSA) is 62.5 Å². The van der Waals surface area contributed by atoms with Gasteiger partial charge in [-0.3, -0.25) is 14.7 Å². The lowest BCUT2D eigenvalue weighted by Gasteiger charge is -2.37. The highest BCUT2D eigenvalue weighted by Gasteiger charge is 2.26. The van der Waals surface area contributed by atoms with Crippen LogP contribution in [0.25, 0.3) is 0 Å². The highest BCUT2D eigenvalue weighted by Crippen LogP contribution is 2.10. The van der Waals surface area contributed by atoms with Gasteiger partial charge in [-0.05, 0) is 24.6 Å². The van der Waals surface area contributed by atoms with Gasteiger partial charge >= 0.3 is 0 Å². The summed E-state index contributed by atoms with van der Waals surface area (Å²) in [7, 11) is 0. The second-order valence-electron chi connectivity index (χ2n) is 4.73. The summed E-state index contributed by atoms with van der Waals surface area (Å²) in [5.41, 5.74) is 6.76. The van der Waals surface area contributed by atoms with Crippen LogP contribution in [-0.4, -0.2) is 52.9 Å². The molecule has 98 valence electrons. The van der Waals surface area contributed by atoms with Gasteiger partial charge in [0.15, 0.2) is 0 Å². The molecule has 2 rings (SSSR count). The molecule has 1 saturated heterocycles. The lowest BCUT2D eigenvalue weighted by molar-refractivity contribution is -0.137. The molecule has 0 spiro atoms. The van der Waals surface area contributed by atoms with Crippen LogP contribution in [0.5, 0.6) is 0 Å². The minimum Gasteiger partial charge on any atom is -0.336 e. The van der Waals surface area contributed by atoms with Crippen molar-refractivity contribution in [3.63, 3.8) is 0 Å². The molecule has 1 atom stereocenters. The van der Waals surface area contributed by atoms with Crippen LogP contribution >= 0.6 is 0 Å². The second-order valence-corrected chi connectivity index (χ2v) is 4.73. The number of carbonyl (C=O) groups excluding carboxylic acids is 1. The van der Waals surface area contributed by atoms with Crippen LogP contribution in [0.1, 0.15) is 12.5 Å². The van der Waals surface area contributed by atoms with E-state index < -0.39 is 0 Å². The van der Waals surface area contributed by atoms with E-state index in [1.54, 1.807) is 12.4 Å². The molecule has 1 fully saturated rings. The van der Waals surface area contributed by atoms with Crippen LogP contribution in [0.15, 0.2) is 24.5 Å². The molecule has 1 aromatic rings. The van der Waals surface area contributed by atoms with Gasteiger partial charge in [0.2, 0.25) is 5.91 Å². The van der Waals surface area contributed by atoms with E-state index in [0.717, 1.165) is 18.7 Å². The summed E-state index contributed by atoms with van der Waals surface area (Å²) in [5.74, 6) is 0.179. The van der Waals surface area contributed by atoms with Crippen molar-refractivity contribution in [3.05, 3.63) is 30.1 Å². The summed E-state index contributed by atoms with van der Waals surface area (Å²) < 4.78 is 0. The molecule has 1 unspecified atom stereocenters. The number of aromatic nitrogens is 1. The number of amides is 1. The monoisotopic (exact) mass is 248 g/mol. The number of nitrogens with two attached hydrogens (primary N) is 1. The fourth-order valence-electron chi connectivity index (χ4n) is 2.13. The molecule has 1 aliphatic heterocycles. The van der Waals surface area contributed by atoms with Crippen LogP contribution in [0.3, 0.4) is 0 Å². The van der Waals surface area contributed by atoms with Gasteiger partial charge in [-0.15, -0.1) is 0 Å². The highest BCUT2D eigenvalue weighted by molar-refractivity contribution is 5.79. The smallest absolute Gasteiger partial charge is 0.237 e. The summed E-state index contributed by atoms with van der Waals surface area (Å²) in [6.45, 7) is 5.47. The minimum absolute atomic E-state index is 0.179. The van der Waals surface area contributed by atoms with Gasteiger partial charge in [0, 0.05) is 44.6 Å². The maximum absolute atomic E-state index is 12.1. The number of piperazine rings is 1. The third kappa shape index (κ3) is 3.05. The van der Waals surface area contributed by atoms with Crippen molar-refractivity contribution in [2.24, 2.45) is 5.73 Å². The van der Waals surface area contributed by atoms with E-state index in [1.807, 2.05) is 17.0 Å². The molecule has 0 aromatic carbocycles. The number of carbonyl (C=O) groups is 1. The number of pyridine rings is 1. The van der Waals surface area contributed by atoms with Crippen LogP contribution in [-0.2, 0) is 11.3 Å². The molecule has 0 aliphatic carbocycles. The quantitative estimate of drug-likeness (QED) is 0.819. The zero-order valence-electron chi connectivity index (χ0n) is 10.7. The summed E-state index contributed by atoms with van der Waals surface area (Å²) in [6, 6.07) is 4.17. The zero-order valence-corrected chi connectivity index (χ0v) is 10.7. The Morgan fingerprint density at radius 2 is 2.11 bits per heavy atom. The Morgan fingerprint density at radius 3 is 2.72 bits per heavy atom. The van der Waals surface area contributed by atoms with Crippen molar-refractivity contribution in [2.75, 3.05) is 26.2 Å². The van der Waals surface area contributed by atoms with E-state index >= 15 is 0 Å². The predicted molar refractivity (Wildman–Crippen MR) is 69.7 cm³/mol. The Labute approximate surface area is 108 Å². The maximum atomic E-state index is 12.1. The largest absolute Gasteiger partial charge is 0.336 e. The van der Waals surface area contributed by atoms with E-state index in [2.05, 4.69) is 16.8 Å². The Morgan fingerprint density at radius 1 is 1.39 bits per heavy atom.